The van der Waals surface area contributed by atoms with E-state index < -0.39 is 6.61 Å². The molecule has 1 aromatic carbocycles. The molecular weight excluding hydrogens is 374 g/mol. The number of benzene rings is 1. The average Bonchev–Trinajstić information content (AvgIpc) is 2.65. The third kappa shape index (κ3) is 3.77. The Kier molecular flexibility index (Phi) is 6.56. The molecule has 0 aliphatic carbocycles. The molecule has 0 saturated heterocycles. The van der Waals surface area contributed by atoms with Crippen molar-refractivity contribution in [1.29, 1.82) is 15.8 Å². The third-order valence-corrected chi connectivity index (χ3v) is 5.62. The lowest BCUT2D eigenvalue weighted by Gasteiger charge is -2.14. The highest BCUT2D eigenvalue weighted by atomic mass is 33.1. The van der Waals surface area contributed by atoms with Gasteiger partial charge in [0.1, 0.15) is 24.8 Å². The third-order valence-electron chi connectivity index (χ3n) is 3.20. The number of pyridine rings is 1. The summed E-state index contributed by atoms with van der Waals surface area (Å²) >= 11 is 0. The van der Waals surface area contributed by atoms with Crippen molar-refractivity contribution in [2.45, 2.75) is 16.4 Å². The van der Waals surface area contributed by atoms with Gasteiger partial charge in [0.15, 0.2) is 12.4 Å². The Morgan fingerprint density at radius 3 is 2.42 bits per heavy atom. The predicted molar refractivity (Wildman–Crippen MR) is 94.3 cm³/mol. The zero-order chi connectivity index (χ0) is 19.1. The Hall–Kier alpha value is -3.07. The highest BCUT2D eigenvalue weighted by Crippen LogP contribution is 2.45. The van der Waals surface area contributed by atoms with Gasteiger partial charge < -0.3 is 5.21 Å². The second kappa shape index (κ2) is 8.86. The summed E-state index contributed by atoms with van der Waals surface area (Å²) in [5.41, 5.74) is 0.104. The fraction of sp³-hybridized carbons (Fsp3) is 0.0625. The lowest BCUT2D eigenvalue weighted by atomic mass is 9.97. The number of rotatable bonds is 6. The van der Waals surface area contributed by atoms with E-state index in [4.69, 9.17) is 5.26 Å². The molecule has 2 aromatic rings. The highest BCUT2D eigenvalue weighted by Gasteiger charge is 2.25. The molecule has 10 heteroatoms. The van der Waals surface area contributed by atoms with E-state index >= 15 is 0 Å². The zero-order valence-corrected chi connectivity index (χ0v) is 14.7. The molecule has 0 amide bonds. The van der Waals surface area contributed by atoms with E-state index in [1.54, 1.807) is 12.1 Å². The van der Waals surface area contributed by atoms with Crippen LogP contribution in [-0.2, 0) is 11.5 Å². The van der Waals surface area contributed by atoms with E-state index in [0.717, 1.165) is 21.6 Å². The maximum absolute atomic E-state index is 11.4. The van der Waals surface area contributed by atoms with Gasteiger partial charge >= 0.3 is 0 Å². The molecule has 0 aliphatic rings. The summed E-state index contributed by atoms with van der Waals surface area (Å²) in [6, 6.07) is 9.01. The number of hydrogen-bond donors (Lipinski definition) is 1. The van der Waals surface area contributed by atoms with Gasteiger partial charge in [0.25, 0.3) is 0 Å². The van der Waals surface area contributed by atoms with E-state index in [2.05, 4.69) is 16.6 Å². The SMILES string of the molecule is C=Nc1c(C#N)c(SSc2ccc[n+]([O-])c2)c(C#N)c(C#N)c1COO. The molecule has 128 valence electrons. The van der Waals surface area contributed by atoms with Gasteiger partial charge in [-0.05, 0) is 34.4 Å². The average molecular weight is 383 g/mol. The Morgan fingerprint density at radius 1 is 1.19 bits per heavy atom. The number of nitriles is 3. The molecule has 2 rings (SSSR count). The van der Waals surface area contributed by atoms with E-state index in [9.17, 15) is 21.0 Å². The number of hydrogen-bond acceptors (Lipinski definition) is 9. The number of aliphatic imine (C=N–C) groups is 1. The van der Waals surface area contributed by atoms with Crippen LogP contribution in [0.3, 0.4) is 0 Å². The van der Waals surface area contributed by atoms with Crippen LogP contribution in [0.25, 0.3) is 0 Å². The van der Waals surface area contributed by atoms with Crippen LogP contribution >= 0.6 is 21.6 Å². The molecule has 1 heterocycles. The molecule has 0 radical (unpaired) electrons. The van der Waals surface area contributed by atoms with Crippen molar-refractivity contribution in [3.05, 3.63) is 52.0 Å². The molecule has 0 saturated carbocycles. The lowest BCUT2D eigenvalue weighted by molar-refractivity contribution is -0.607. The van der Waals surface area contributed by atoms with Gasteiger partial charge in [-0.3, -0.25) is 10.2 Å². The van der Waals surface area contributed by atoms with E-state index in [1.165, 1.54) is 12.4 Å². The van der Waals surface area contributed by atoms with Crippen molar-refractivity contribution in [2.24, 2.45) is 4.99 Å². The summed E-state index contributed by atoms with van der Waals surface area (Å²) in [6.45, 7) is 2.97. The maximum Gasteiger partial charge on any atom is 0.194 e. The van der Waals surface area contributed by atoms with Crippen LogP contribution in [-0.4, -0.2) is 12.0 Å². The number of aromatic nitrogens is 1. The summed E-state index contributed by atoms with van der Waals surface area (Å²) in [7, 11) is 2.19. The first-order valence-corrected chi connectivity index (χ1v) is 8.95. The van der Waals surface area contributed by atoms with Crippen LogP contribution in [0.2, 0.25) is 0 Å². The Morgan fingerprint density at radius 2 is 1.88 bits per heavy atom. The van der Waals surface area contributed by atoms with Crippen molar-refractivity contribution in [1.82, 2.24) is 0 Å². The van der Waals surface area contributed by atoms with Gasteiger partial charge in [-0.15, -0.1) is 0 Å². The van der Waals surface area contributed by atoms with Gasteiger partial charge in [0.2, 0.25) is 0 Å². The molecule has 0 spiro atoms. The molecule has 0 fully saturated rings. The fourth-order valence-corrected chi connectivity index (χ4v) is 4.39. The summed E-state index contributed by atoms with van der Waals surface area (Å²) in [5, 5.41) is 48.6. The largest absolute Gasteiger partial charge is 0.619 e. The van der Waals surface area contributed by atoms with Crippen molar-refractivity contribution in [2.75, 3.05) is 0 Å². The first-order valence-electron chi connectivity index (χ1n) is 6.80. The van der Waals surface area contributed by atoms with Crippen LogP contribution in [0.4, 0.5) is 5.69 Å². The normalized spacial score (nSPS) is 9.77. The quantitative estimate of drug-likeness (QED) is 0.200. The Balaban J connectivity index is 2.64. The molecule has 0 aliphatic heterocycles. The van der Waals surface area contributed by atoms with Gasteiger partial charge in [0, 0.05) is 11.6 Å². The van der Waals surface area contributed by atoms with E-state index in [1.807, 2.05) is 18.2 Å². The molecule has 0 atom stereocenters. The monoisotopic (exact) mass is 383 g/mol. The lowest BCUT2D eigenvalue weighted by Crippen LogP contribution is -2.23. The van der Waals surface area contributed by atoms with Crippen LogP contribution in [0.5, 0.6) is 0 Å². The maximum atomic E-state index is 11.4. The van der Waals surface area contributed by atoms with Gasteiger partial charge in [-0.2, -0.15) is 20.5 Å². The Labute approximate surface area is 156 Å². The molecular formula is C16H9N5O3S2. The molecule has 8 nitrogen and oxygen atoms in total. The topological polar surface area (TPSA) is 140 Å². The van der Waals surface area contributed by atoms with E-state index in [-0.39, 0.29) is 32.8 Å². The van der Waals surface area contributed by atoms with E-state index in [0.29, 0.717) is 9.63 Å². The fourth-order valence-electron chi connectivity index (χ4n) is 2.14. The molecule has 1 aromatic heterocycles. The minimum absolute atomic E-state index is 0.0334. The minimum atomic E-state index is -0.423. The smallest absolute Gasteiger partial charge is 0.194 e. The van der Waals surface area contributed by atoms with Crippen LogP contribution in [0.15, 0.2) is 39.3 Å². The first-order chi connectivity index (χ1) is 12.6. The Bertz CT molecular complexity index is 989. The van der Waals surface area contributed by atoms with Crippen LogP contribution < -0.4 is 4.73 Å². The summed E-state index contributed by atoms with van der Waals surface area (Å²) in [6.07, 6.45) is 2.66. The summed E-state index contributed by atoms with van der Waals surface area (Å²) < 4.78 is 0.623. The number of nitrogens with zero attached hydrogens (tertiary/aromatic N) is 5. The second-order valence-electron chi connectivity index (χ2n) is 4.61. The van der Waals surface area contributed by atoms with Crippen molar-refractivity contribution in [3.8, 4) is 18.2 Å². The first kappa shape index (κ1) is 19.3. The van der Waals surface area contributed by atoms with Crippen molar-refractivity contribution in [3.63, 3.8) is 0 Å². The standard InChI is InChI=1S/C16H9N5O3S2/c1-20-15-13(7-19)16(26-25-10-3-2-4-21(22)8-10)12(6-18)11(5-17)14(15)9-24-23/h2-4,8,23H,1,9H2. The molecule has 0 bridgehead atoms. The van der Waals surface area contributed by atoms with Gasteiger partial charge in [0.05, 0.1) is 32.2 Å². The minimum Gasteiger partial charge on any atom is -0.619 e. The van der Waals surface area contributed by atoms with Gasteiger partial charge in [-0.1, -0.05) is 0 Å². The van der Waals surface area contributed by atoms with Crippen LogP contribution in [0, 0.1) is 39.2 Å². The predicted octanol–water partition coefficient (Wildman–Crippen LogP) is 3.06. The molecule has 0 unspecified atom stereocenters. The summed E-state index contributed by atoms with van der Waals surface area (Å²) in [5.74, 6) is 0. The zero-order valence-electron chi connectivity index (χ0n) is 13.0. The van der Waals surface area contributed by atoms with Crippen LogP contribution in [0.1, 0.15) is 22.3 Å². The van der Waals surface area contributed by atoms with Gasteiger partial charge in [-0.25, -0.2) is 4.89 Å². The second-order valence-corrected chi connectivity index (χ2v) is 6.83. The highest BCUT2D eigenvalue weighted by molar-refractivity contribution is 8.76. The summed E-state index contributed by atoms with van der Waals surface area (Å²) in [4.78, 5) is 8.68. The molecule has 1 N–H and O–H groups in total. The van der Waals surface area contributed by atoms with Crippen molar-refractivity contribution >= 4 is 34.0 Å². The molecule has 26 heavy (non-hydrogen) atoms. The van der Waals surface area contributed by atoms with Crippen molar-refractivity contribution < 1.29 is 14.9 Å².